The number of hydrogen-bond donors (Lipinski definition) is 1. The van der Waals surface area contributed by atoms with Crippen LogP contribution in [0.15, 0.2) is 67.1 Å². The van der Waals surface area contributed by atoms with Gasteiger partial charge in [0, 0.05) is 37.3 Å². The van der Waals surface area contributed by atoms with Gasteiger partial charge in [-0.25, -0.2) is 19.2 Å². The van der Waals surface area contributed by atoms with E-state index in [1.54, 1.807) is 66.5 Å². The average Bonchev–Trinajstić information content (AvgIpc) is 3.29. The van der Waals surface area contributed by atoms with E-state index in [2.05, 4.69) is 20.0 Å². The number of amides is 2. The molecule has 2 amide bonds. The summed E-state index contributed by atoms with van der Waals surface area (Å²) in [5.41, 5.74) is 3.08. The number of rotatable bonds is 7. The Kier molecular flexibility index (Phi) is 6.79. The first kappa shape index (κ1) is 22.9. The standard InChI is InChI=1S/C24H22FN5O4/c1-33-12-11-29(19-7-5-18(25)6-8-19)23(31)17-4-10-22-27-14-20(30(22)15-17)16-3-9-21(26-13-16)28-24(32)34-2/h3-10,13-15H,11-12H2,1-2H3,(H,26,28,32). The van der Waals surface area contributed by atoms with Crippen molar-refractivity contribution < 1.29 is 23.5 Å². The Morgan fingerprint density at radius 3 is 2.50 bits per heavy atom. The number of pyridine rings is 2. The zero-order valence-corrected chi connectivity index (χ0v) is 18.6. The smallest absolute Gasteiger partial charge is 0.412 e. The second kappa shape index (κ2) is 10.1. The van der Waals surface area contributed by atoms with Crippen molar-refractivity contribution in [3.63, 3.8) is 0 Å². The fourth-order valence-corrected chi connectivity index (χ4v) is 3.40. The molecule has 0 saturated heterocycles. The van der Waals surface area contributed by atoms with Crippen LogP contribution < -0.4 is 10.2 Å². The van der Waals surface area contributed by atoms with Crippen LogP contribution >= 0.6 is 0 Å². The van der Waals surface area contributed by atoms with Crippen LogP contribution in [-0.2, 0) is 9.47 Å². The Bertz CT molecular complexity index is 1310. The lowest BCUT2D eigenvalue weighted by molar-refractivity contribution is 0.0975. The van der Waals surface area contributed by atoms with E-state index < -0.39 is 6.09 Å². The summed E-state index contributed by atoms with van der Waals surface area (Å²) in [6, 6.07) is 12.6. The van der Waals surface area contributed by atoms with Gasteiger partial charge in [0.2, 0.25) is 0 Å². The van der Waals surface area contributed by atoms with Crippen LogP contribution in [0.5, 0.6) is 0 Å². The highest BCUT2D eigenvalue weighted by molar-refractivity contribution is 6.06. The maximum Gasteiger partial charge on any atom is 0.412 e. The molecular formula is C24H22FN5O4. The lowest BCUT2D eigenvalue weighted by Crippen LogP contribution is -2.34. The number of benzene rings is 1. The summed E-state index contributed by atoms with van der Waals surface area (Å²) in [5, 5.41) is 2.49. The molecule has 4 rings (SSSR count). The number of methoxy groups -OCH3 is 2. The molecule has 0 bridgehead atoms. The molecule has 0 aliphatic heterocycles. The minimum absolute atomic E-state index is 0.263. The molecule has 9 nitrogen and oxygen atoms in total. The normalized spacial score (nSPS) is 10.8. The maximum atomic E-state index is 13.4. The van der Waals surface area contributed by atoms with Crippen molar-refractivity contribution in [1.29, 1.82) is 0 Å². The highest BCUT2D eigenvalue weighted by atomic mass is 19.1. The molecule has 1 aromatic carbocycles. The van der Waals surface area contributed by atoms with E-state index >= 15 is 0 Å². The van der Waals surface area contributed by atoms with Crippen molar-refractivity contribution in [2.75, 3.05) is 37.6 Å². The molecule has 4 aromatic rings. The van der Waals surface area contributed by atoms with Crippen LogP contribution in [0.4, 0.5) is 20.7 Å². The molecule has 0 spiro atoms. The Hall–Kier alpha value is -4.31. The topological polar surface area (TPSA) is 98.1 Å². The summed E-state index contributed by atoms with van der Waals surface area (Å²) in [7, 11) is 2.82. The van der Waals surface area contributed by atoms with Gasteiger partial charge < -0.3 is 14.4 Å². The first-order valence-corrected chi connectivity index (χ1v) is 10.3. The Morgan fingerprint density at radius 1 is 1.03 bits per heavy atom. The number of anilines is 2. The number of carbonyl (C=O) groups is 2. The zero-order chi connectivity index (χ0) is 24.1. The summed E-state index contributed by atoms with van der Waals surface area (Å²) >= 11 is 0. The molecule has 0 fully saturated rings. The molecule has 0 unspecified atom stereocenters. The van der Waals surface area contributed by atoms with E-state index in [1.165, 1.54) is 24.1 Å². The fraction of sp³-hybridized carbons (Fsp3) is 0.167. The summed E-state index contributed by atoms with van der Waals surface area (Å²) in [6.07, 6.45) is 4.35. The van der Waals surface area contributed by atoms with Gasteiger partial charge in [0.15, 0.2) is 0 Å². The number of aromatic nitrogens is 3. The lowest BCUT2D eigenvalue weighted by atomic mass is 10.2. The van der Waals surface area contributed by atoms with Gasteiger partial charge in [-0.1, -0.05) is 0 Å². The first-order chi connectivity index (χ1) is 16.5. The average molecular weight is 463 g/mol. The predicted molar refractivity (Wildman–Crippen MR) is 124 cm³/mol. The minimum atomic E-state index is -0.614. The molecule has 10 heteroatoms. The summed E-state index contributed by atoms with van der Waals surface area (Å²) in [6.45, 7) is 0.619. The lowest BCUT2D eigenvalue weighted by Gasteiger charge is -2.23. The van der Waals surface area contributed by atoms with Crippen molar-refractivity contribution in [3.8, 4) is 11.3 Å². The van der Waals surface area contributed by atoms with Crippen molar-refractivity contribution in [2.45, 2.75) is 0 Å². The number of fused-ring (bicyclic) bond motifs is 1. The SMILES string of the molecule is COCCN(C(=O)c1ccc2ncc(-c3ccc(NC(=O)OC)nc3)n2c1)c1ccc(F)cc1. The monoisotopic (exact) mass is 463 g/mol. The molecule has 0 atom stereocenters. The molecule has 174 valence electrons. The Balaban J connectivity index is 1.66. The molecule has 1 N–H and O–H groups in total. The number of nitrogens with one attached hydrogen (secondary N) is 1. The maximum absolute atomic E-state index is 13.4. The molecule has 0 aliphatic carbocycles. The third-order valence-electron chi connectivity index (χ3n) is 5.13. The first-order valence-electron chi connectivity index (χ1n) is 10.3. The van der Waals surface area contributed by atoms with E-state index in [0.717, 1.165) is 5.56 Å². The van der Waals surface area contributed by atoms with Crippen LogP contribution in [0.1, 0.15) is 10.4 Å². The largest absolute Gasteiger partial charge is 0.453 e. The van der Waals surface area contributed by atoms with Crippen LogP contribution in [-0.4, -0.2) is 53.7 Å². The van der Waals surface area contributed by atoms with Crippen LogP contribution in [0.25, 0.3) is 16.9 Å². The molecule has 3 aromatic heterocycles. The minimum Gasteiger partial charge on any atom is -0.453 e. The third kappa shape index (κ3) is 4.86. The number of hydrogen-bond acceptors (Lipinski definition) is 6. The van der Waals surface area contributed by atoms with Gasteiger partial charge in [-0.2, -0.15) is 0 Å². The fourth-order valence-electron chi connectivity index (χ4n) is 3.40. The summed E-state index contributed by atoms with van der Waals surface area (Å²) in [4.78, 5) is 34.9. The van der Waals surface area contributed by atoms with Crippen molar-refractivity contribution in [3.05, 3.63) is 78.5 Å². The molecule has 0 aliphatic rings. The number of halogens is 1. The van der Waals surface area contributed by atoms with Gasteiger partial charge in [0.25, 0.3) is 5.91 Å². The highest BCUT2D eigenvalue weighted by Crippen LogP contribution is 2.23. The Morgan fingerprint density at radius 2 is 1.82 bits per heavy atom. The van der Waals surface area contributed by atoms with Crippen LogP contribution in [0.3, 0.4) is 0 Å². The highest BCUT2D eigenvalue weighted by Gasteiger charge is 2.19. The summed E-state index contributed by atoms with van der Waals surface area (Å²) < 4.78 is 24.9. The van der Waals surface area contributed by atoms with E-state index in [0.29, 0.717) is 41.6 Å². The van der Waals surface area contributed by atoms with Gasteiger partial charge in [0.05, 0.1) is 31.2 Å². The number of imidazole rings is 1. The molecule has 34 heavy (non-hydrogen) atoms. The number of nitrogens with zero attached hydrogens (tertiary/aromatic N) is 4. The van der Waals surface area contributed by atoms with Crippen molar-refractivity contribution in [1.82, 2.24) is 14.4 Å². The van der Waals surface area contributed by atoms with Crippen LogP contribution in [0, 0.1) is 5.82 Å². The molecule has 0 radical (unpaired) electrons. The van der Waals surface area contributed by atoms with E-state index in [9.17, 15) is 14.0 Å². The van der Waals surface area contributed by atoms with Gasteiger partial charge >= 0.3 is 6.09 Å². The number of ether oxygens (including phenoxy) is 2. The Labute approximate surface area is 194 Å². The van der Waals surface area contributed by atoms with E-state index in [-0.39, 0.29) is 11.7 Å². The van der Waals surface area contributed by atoms with Gasteiger partial charge in [-0.15, -0.1) is 0 Å². The molecule has 0 saturated carbocycles. The van der Waals surface area contributed by atoms with E-state index in [1.807, 2.05) is 0 Å². The second-order valence-electron chi connectivity index (χ2n) is 7.26. The van der Waals surface area contributed by atoms with Crippen LogP contribution in [0.2, 0.25) is 0 Å². The van der Waals surface area contributed by atoms with Gasteiger partial charge in [0.1, 0.15) is 17.3 Å². The van der Waals surface area contributed by atoms with Crippen molar-refractivity contribution >= 4 is 29.2 Å². The number of carbonyl (C=O) groups excluding carboxylic acids is 2. The van der Waals surface area contributed by atoms with Crippen molar-refractivity contribution in [2.24, 2.45) is 0 Å². The third-order valence-corrected chi connectivity index (χ3v) is 5.13. The van der Waals surface area contributed by atoms with Gasteiger partial charge in [-0.3, -0.25) is 14.5 Å². The molecular weight excluding hydrogens is 441 g/mol. The molecule has 3 heterocycles. The zero-order valence-electron chi connectivity index (χ0n) is 18.6. The quantitative estimate of drug-likeness (QED) is 0.445. The van der Waals surface area contributed by atoms with E-state index in [4.69, 9.17) is 4.74 Å². The van der Waals surface area contributed by atoms with Gasteiger partial charge in [-0.05, 0) is 48.5 Å². The second-order valence-corrected chi connectivity index (χ2v) is 7.26. The predicted octanol–water partition coefficient (Wildman–Crippen LogP) is 4.01. The summed E-state index contributed by atoms with van der Waals surface area (Å²) in [5.74, 6) is -0.303.